The highest BCUT2D eigenvalue weighted by Crippen LogP contribution is 2.22. The summed E-state index contributed by atoms with van der Waals surface area (Å²) in [5.74, 6) is 0. The Labute approximate surface area is 581 Å². The minimum atomic E-state index is -1.00. The maximum Gasteiger partial charge on any atom is 0.0950 e. The molecule has 4 rings (SSSR count). The number of aromatic nitrogens is 4. The highest BCUT2D eigenvalue weighted by molar-refractivity contribution is 9.10. The number of H-pyrrole nitrogens is 1. The number of unbranched alkanes of at least 4 members (excludes halogenated alkanes) is 3. The van der Waals surface area contributed by atoms with E-state index < -0.39 is 7.15 Å². The largest absolute Gasteiger partial charge is 0.345 e. The summed E-state index contributed by atoms with van der Waals surface area (Å²) in [7, 11) is 71.9. The van der Waals surface area contributed by atoms with Crippen LogP contribution in [0, 0.1) is 0 Å². The summed E-state index contributed by atoms with van der Waals surface area (Å²) >= 11 is 16.5. The van der Waals surface area contributed by atoms with E-state index in [9.17, 15) is 4.39 Å². The molecule has 0 saturated carbocycles. The van der Waals surface area contributed by atoms with Crippen molar-refractivity contribution >= 4 is 418 Å². The van der Waals surface area contributed by atoms with Crippen LogP contribution in [0.3, 0.4) is 0 Å². The van der Waals surface area contributed by atoms with Gasteiger partial charge in [-0.2, -0.15) is 0 Å². The highest BCUT2D eigenvalue weighted by Gasteiger charge is 2.04. The molecule has 0 unspecified atom stereocenters. The quantitative estimate of drug-likeness (QED) is 0.190. The number of aromatic amines is 1. The van der Waals surface area contributed by atoms with Crippen molar-refractivity contribution in [1.29, 1.82) is 0 Å². The van der Waals surface area contributed by atoms with Gasteiger partial charge in [0.1, 0.15) is 0 Å². The zero-order valence-corrected chi connectivity index (χ0v) is 74.0. The molecule has 4 nitrogen and oxygen atoms in total. The molecule has 0 aliphatic carbocycles. The monoisotopic (exact) mass is 1940 g/mol. The molecule has 0 aliphatic heterocycles. The minimum absolute atomic E-state index is 1.00. The molecule has 2 aromatic carbocycles. The molecule has 2 heterocycles. The number of nitrogens with one attached hydrogen (secondary N) is 1. The number of aryl methyl sites for hydroxylation is 1. The maximum atomic E-state index is 9.96. The predicted octanol–water partition coefficient (Wildman–Crippen LogP) is 8.21. The van der Waals surface area contributed by atoms with Crippen LogP contribution in [0.1, 0.15) is 34.0 Å². The second-order valence-electron chi connectivity index (χ2n) is 9.80. The zero-order valence-electron chi connectivity index (χ0n) is 36.7. The van der Waals surface area contributed by atoms with Crippen molar-refractivity contribution < 1.29 is 5.76 Å². The smallest absolute Gasteiger partial charge is 0.0950 e. The molecule has 0 atom stereocenters. The number of imidazole rings is 2. The lowest BCUT2D eigenvalue weighted by Crippen LogP contribution is -1.98. The molecule has 0 fully saturated rings. The summed E-state index contributed by atoms with van der Waals surface area (Å²) in [6.45, 7) is 3.30. The van der Waals surface area contributed by atoms with Gasteiger partial charge in [-0.3, -0.25) is 4.39 Å². The number of hydrogen-bond acceptors (Lipinski definition) is 4. The van der Waals surface area contributed by atoms with Gasteiger partial charge in [0.15, 0.2) is 0 Å². The van der Waals surface area contributed by atoms with Gasteiger partial charge in [-0.15, -0.1) is 0 Å². The number of halogens is 3. The first-order valence-corrected chi connectivity index (χ1v) is 75.0. The molecule has 1 N–H and O–H groups in total. The second-order valence-corrected chi connectivity index (χ2v) is 84.2. The molecule has 0 spiro atoms. The minimum Gasteiger partial charge on any atom is -0.345 e. The Kier molecular flexibility index (Phi) is 68.5. The van der Waals surface area contributed by atoms with Gasteiger partial charge in [0, 0.05) is 402 Å². The lowest BCUT2D eigenvalue weighted by molar-refractivity contribution is 0.585. The molecule has 0 amide bonds. The number of benzene rings is 2. The van der Waals surface area contributed by atoms with Crippen molar-refractivity contribution in [3.05, 3.63) is 82.5 Å². The van der Waals surface area contributed by atoms with Crippen LogP contribution in [-0.4, -0.2) is 26.7 Å². The highest BCUT2D eigenvalue weighted by atomic mass is 79.9. The summed E-state index contributed by atoms with van der Waals surface area (Å²) < 4.78 is 19.9. The lowest BCUT2D eigenvalue weighted by atomic mass is 10.1. The average molecular weight is 1940 g/mol. The third kappa shape index (κ3) is 52.8. The summed E-state index contributed by atoms with van der Waals surface area (Å²) in [5, 5.41) is 0. The number of alkyl halides is 1. The number of rotatable bonds is 7. The van der Waals surface area contributed by atoms with Crippen molar-refractivity contribution in [3.8, 4) is 22.5 Å². The molecule has 0 radical (unpaired) electrons. The van der Waals surface area contributed by atoms with Crippen molar-refractivity contribution in [2.24, 2.45) is 0 Å². The fraction of sp³-hybridized carbons (Fsp3) is 0.280. The van der Waals surface area contributed by atoms with Crippen LogP contribution in [0.4, 0.5) is 4.39 Å². The second kappa shape index (κ2) is 65.7. The summed E-state index contributed by atoms with van der Waals surface area (Å²) in [6, 6.07) is 16.5. The van der Waals surface area contributed by atoms with Gasteiger partial charge in [-0.25, -0.2) is 9.97 Å². The molecule has 2 aromatic heterocycles. The molecule has 0 aliphatic rings. The van der Waals surface area contributed by atoms with Gasteiger partial charge in [-0.1, -0.05) is 82.3 Å². The Bertz CT molecular complexity index is 4240. The van der Waals surface area contributed by atoms with Gasteiger partial charge in [0.05, 0.1) is 45.0 Å². The Hall–Kier alpha value is 7.21. The standard InChI is InChI=1S/C15H19BrN2.C9H7BrN2.CH3F.S43/c1-2-3-4-5-10-18-12-17-11-15(18)13-6-8-14(16)9-7-13;10-8-3-1-7(2-4-8)9-5-11-6-12-9;1-2;1-3-5-7-9-11-13-15-17-19-21-23-25-27-29-31-33-35-37-39-41-43-42-40-38-36-34-32-30-28-26-24-22-20-18-16-14-12-10-8-6-4-2/h6-9,11-12H,2-5,10H2,1H3;1-6H,(H,11,12);1H3;/i;;1D;. The topological polar surface area (TPSA) is 46.5 Å². The fourth-order valence-electron chi connectivity index (χ4n) is 3.55. The van der Waals surface area contributed by atoms with Crippen LogP contribution in [0.2, 0.25) is 0 Å². The van der Waals surface area contributed by atoms with E-state index in [0.717, 1.165) is 26.7 Å². The molecule has 0 saturated heterocycles. The molecule has 428 valence electrons. The van der Waals surface area contributed by atoms with Gasteiger partial charge >= 0.3 is 0 Å². The Morgan fingerprint density at radius 3 is 1.04 bits per heavy atom. The summed E-state index contributed by atoms with van der Waals surface area (Å²) in [6.07, 6.45) is 12.5. The van der Waals surface area contributed by atoms with Crippen LogP contribution < -0.4 is 0 Å². The first-order chi connectivity index (χ1) is 37.5. The third-order valence-electron chi connectivity index (χ3n) is 5.87. The number of nitrogens with zero attached hydrogens (tertiary/aromatic N) is 3. The lowest BCUT2D eigenvalue weighted by Gasteiger charge is -2.08. The van der Waals surface area contributed by atoms with Gasteiger partial charge in [0.25, 0.3) is 0 Å². The maximum absolute atomic E-state index is 9.96. The Balaban J connectivity index is 0.000000696. The van der Waals surface area contributed by atoms with E-state index in [2.05, 4.69) is 82.6 Å². The molecule has 75 heavy (non-hydrogen) atoms. The molecular weight excluding hydrogens is 1910 g/mol. The van der Waals surface area contributed by atoms with Crippen LogP contribution in [0.15, 0.2) is 82.5 Å². The molecule has 50 heteroatoms. The number of hydrogen-bond donors (Lipinski definition) is 1. The Morgan fingerprint density at radius 2 is 0.760 bits per heavy atom. The van der Waals surface area contributed by atoms with E-state index in [1.54, 1.807) is 113 Å². The van der Waals surface area contributed by atoms with Gasteiger partial charge < -0.3 is 9.55 Å². The van der Waals surface area contributed by atoms with Crippen molar-refractivity contribution in [2.45, 2.75) is 39.2 Å². The third-order valence-corrected chi connectivity index (χ3v) is 95.8. The SMILES string of the molecule is Brc1ccc(-c2cnc[nH]2)cc1.CCCCCCn1cncc1-c1ccc(Br)cc1.S=S=S=S=S=S=S=S=S=S=S=S=S=S=S=S=S=S=S=S=S=S=S=S=S=S=S=S=S=S=S=S=S=S=S=S=S=S=S=S=S=S=S.[2H]CF. The first-order valence-electron chi connectivity index (χ1n) is 18.1. The molecule has 4 aromatic rings. The van der Waals surface area contributed by atoms with E-state index in [0.29, 0.717) is 0 Å². The van der Waals surface area contributed by atoms with Gasteiger partial charge in [0.2, 0.25) is 0 Å². The van der Waals surface area contributed by atoms with Crippen LogP contribution in [0.5, 0.6) is 0 Å². The predicted molar refractivity (Wildman–Crippen MR) is 455 cm³/mol. The van der Waals surface area contributed by atoms with E-state index >= 15 is 0 Å². The molecule has 0 bridgehead atoms. The first kappa shape index (κ1) is 78.3. The fourth-order valence-corrected chi connectivity index (χ4v) is 111. The van der Waals surface area contributed by atoms with Crippen molar-refractivity contribution in [2.75, 3.05) is 7.15 Å². The van der Waals surface area contributed by atoms with E-state index in [-0.39, 0.29) is 0 Å². The summed E-state index contributed by atoms with van der Waals surface area (Å²) in [4.78, 5) is 11.3. The van der Waals surface area contributed by atoms with E-state index in [1.165, 1.54) is 54.7 Å². The Morgan fingerprint density at radius 1 is 0.453 bits per heavy atom. The average Bonchev–Trinajstić information content (AvgIpc) is 4.16. The zero-order chi connectivity index (χ0) is 54.9. The van der Waals surface area contributed by atoms with Crippen LogP contribution >= 0.6 is 31.9 Å². The van der Waals surface area contributed by atoms with Crippen molar-refractivity contribution in [3.63, 3.8) is 0 Å². The van der Waals surface area contributed by atoms with Gasteiger partial charge in [-0.05, 0) is 41.8 Å². The summed E-state index contributed by atoms with van der Waals surface area (Å²) in [5.41, 5.74) is 4.63. The van der Waals surface area contributed by atoms with E-state index in [4.69, 9.17) is 23.7 Å². The van der Waals surface area contributed by atoms with Crippen molar-refractivity contribution in [1.82, 2.24) is 19.5 Å². The van der Waals surface area contributed by atoms with Crippen LogP contribution in [0.25, 0.3) is 22.5 Å². The van der Waals surface area contributed by atoms with E-state index in [1.807, 2.05) is 283 Å². The van der Waals surface area contributed by atoms with Crippen LogP contribution in [-0.2, 0) is 393 Å². The normalized spacial score (nSPS) is 8.88. The molecular formula is C25H29Br2FN4S43.